The van der Waals surface area contributed by atoms with Gasteiger partial charge in [-0.25, -0.2) is 0 Å². The van der Waals surface area contributed by atoms with Gasteiger partial charge in [-0.3, -0.25) is 0 Å². The van der Waals surface area contributed by atoms with Crippen molar-refractivity contribution in [1.82, 2.24) is 10.2 Å². The molecule has 1 saturated heterocycles. The van der Waals surface area contributed by atoms with Gasteiger partial charge in [0.2, 0.25) is 0 Å². The lowest BCUT2D eigenvalue weighted by atomic mass is 10.0. The molecule has 1 N–H and O–H groups in total. The average Bonchev–Trinajstić information content (AvgIpc) is 2.45. The molecule has 0 spiro atoms. The van der Waals surface area contributed by atoms with Gasteiger partial charge in [0.25, 0.3) is 0 Å². The summed E-state index contributed by atoms with van der Waals surface area (Å²) in [4.78, 5) is 2.40. The van der Waals surface area contributed by atoms with Gasteiger partial charge < -0.3 is 15.0 Å². The lowest BCUT2D eigenvalue weighted by Crippen LogP contribution is -2.51. The molecule has 3 nitrogen and oxygen atoms in total. The predicted molar refractivity (Wildman–Crippen MR) is 87.3 cm³/mol. The number of hydrogen-bond acceptors (Lipinski definition) is 3. The van der Waals surface area contributed by atoms with Gasteiger partial charge in [-0.1, -0.05) is 52.4 Å². The molecule has 2 atom stereocenters. The highest BCUT2D eigenvalue weighted by atomic mass is 16.5. The van der Waals surface area contributed by atoms with E-state index in [9.17, 15) is 0 Å². The molecule has 0 aromatic rings. The van der Waals surface area contributed by atoms with Crippen molar-refractivity contribution in [2.24, 2.45) is 0 Å². The third-order valence-electron chi connectivity index (χ3n) is 4.27. The van der Waals surface area contributed by atoms with Crippen molar-refractivity contribution < 1.29 is 4.74 Å². The van der Waals surface area contributed by atoms with Gasteiger partial charge in [0.15, 0.2) is 0 Å². The summed E-state index contributed by atoms with van der Waals surface area (Å²) in [5.41, 5.74) is 0. The van der Waals surface area contributed by atoms with Crippen molar-refractivity contribution in [3.05, 3.63) is 0 Å². The summed E-state index contributed by atoms with van der Waals surface area (Å²) in [5.74, 6) is 0. The molecule has 0 aromatic heterocycles. The van der Waals surface area contributed by atoms with Crippen molar-refractivity contribution in [1.29, 1.82) is 0 Å². The van der Waals surface area contributed by atoms with Gasteiger partial charge in [-0.2, -0.15) is 0 Å². The highest BCUT2D eigenvalue weighted by Crippen LogP contribution is 2.15. The van der Waals surface area contributed by atoms with Crippen molar-refractivity contribution >= 4 is 0 Å². The van der Waals surface area contributed by atoms with Crippen molar-refractivity contribution in [3.63, 3.8) is 0 Å². The Morgan fingerprint density at radius 2 is 1.85 bits per heavy atom. The number of likely N-dealkylation sites (N-methyl/N-ethyl adjacent to an activating group) is 1. The first-order valence-corrected chi connectivity index (χ1v) is 8.81. The molecule has 3 heteroatoms. The minimum Gasteiger partial charge on any atom is -0.374 e. The molecule has 0 saturated carbocycles. The minimum atomic E-state index is 0.385. The number of nitrogens with zero attached hydrogens (tertiary/aromatic N) is 1. The van der Waals surface area contributed by atoms with E-state index in [1.165, 1.54) is 51.4 Å². The molecular weight excluding hydrogens is 248 g/mol. The van der Waals surface area contributed by atoms with Crippen molar-refractivity contribution in [2.45, 2.75) is 77.4 Å². The number of hydrogen-bond donors (Lipinski definition) is 1. The van der Waals surface area contributed by atoms with E-state index < -0.39 is 0 Å². The Bertz CT molecular complexity index is 223. The second-order valence-corrected chi connectivity index (χ2v) is 6.29. The van der Waals surface area contributed by atoms with Crippen LogP contribution in [0.25, 0.3) is 0 Å². The zero-order chi connectivity index (χ0) is 14.6. The van der Waals surface area contributed by atoms with Crippen LogP contribution in [-0.4, -0.2) is 50.3 Å². The molecular formula is C17H36N2O. The predicted octanol–water partition coefficient (Wildman–Crippen LogP) is 3.44. The molecule has 1 heterocycles. The van der Waals surface area contributed by atoms with Crippen LogP contribution in [0.4, 0.5) is 0 Å². The largest absolute Gasteiger partial charge is 0.374 e. The van der Waals surface area contributed by atoms with Gasteiger partial charge in [0.1, 0.15) is 0 Å². The van der Waals surface area contributed by atoms with E-state index in [2.05, 4.69) is 31.1 Å². The molecule has 1 aliphatic rings. The summed E-state index contributed by atoms with van der Waals surface area (Å²) < 4.78 is 6.00. The van der Waals surface area contributed by atoms with Crippen LogP contribution in [0.1, 0.15) is 65.2 Å². The fraction of sp³-hybridized carbons (Fsp3) is 1.00. The van der Waals surface area contributed by atoms with Crippen LogP contribution < -0.4 is 5.32 Å². The first-order valence-electron chi connectivity index (χ1n) is 8.81. The Hall–Kier alpha value is -0.120. The fourth-order valence-corrected chi connectivity index (χ4v) is 2.95. The molecule has 1 aliphatic heterocycles. The maximum atomic E-state index is 6.00. The number of unbranched alkanes of at least 4 members (excludes halogenated alkanes) is 5. The third-order valence-corrected chi connectivity index (χ3v) is 4.27. The lowest BCUT2D eigenvalue weighted by molar-refractivity contribution is -0.0402. The number of rotatable bonds is 11. The van der Waals surface area contributed by atoms with Gasteiger partial charge in [0, 0.05) is 19.1 Å². The van der Waals surface area contributed by atoms with Gasteiger partial charge in [-0.05, 0) is 26.4 Å². The Morgan fingerprint density at radius 1 is 1.10 bits per heavy atom. The zero-order valence-electron chi connectivity index (χ0n) is 14.0. The van der Waals surface area contributed by atoms with Crippen LogP contribution in [0, 0.1) is 0 Å². The maximum absolute atomic E-state index is 6.00. The molecule has 20 heavy (non-hydrogen) atoms. The Balaban J connectivity index is 2.24. The summed E-state index contributed by atoms with van der Waals surface area (Å²) in [6.45, 7) is 8.68. The number of morpholine rings is 1. The van der Waals surface area contributed by atoms with E-state index >= 15 is 0 Å². The summed E-state index contributed by atoms with van der Waals surface area (Å²) >= 11 is 0. The highest BCUT2D eigenvalue weighted by molar-refractivity contribution is 4.82. The normalized spacial score (nSPS) is 22.1. The topological polar surface area (TPSA) is 24.5 Å². The second-order valence-electron chi connectivity index (χ2n) is 6.29. The number of ether oxygens (including phenoxy) is 1. The molecule has 0 radical (unpaired) electrons. The first kappa shape index (κ1) is 17.9. The Kier molecular flexibility index (Phi) is 10.3. The van der Waals surface area contributed by atoms with E-state index in [0.29, 0.717) is 12.1 Å². The van der Waals surface area contributed by atoms with Crippen LogP contribution in [-0.2, 0) is 4.74 Å². The van der Waals surface area contributed by atoms with Crippen LogP contribution >= 0.6 is 0 Å². The fourth-order valence-electron chi connectivity index (χ4n) is 2.95. The lowest BCUT2D eigenvalue weighted by Gasteiger charge is -2.35. The second kappa shape index (κ2) is 11.5. The zero-order valence-corrected chi connectivity index (χ0v) is 14.0. The van der Waals surface area contributed by atoms with E-state index in [1.54, 1.807) is 0 Å². The molecule has 120 valence electrons. The summed E-state index contributed by atoms with van der Waals surface area (Å²) in [7, 11) is 2.21. The Labute approximate surface area is 126 Å². The van der Waals surface area contributed by atoms with E-state index in [4.69, 9.17) is 4.74 Å². The average molecular weight is 284 g/mol. The molecule has 0 aliphatic carbocycles. The molecule has 0 bridgehead atoms. The van der Waals surface area contributed by atoms with E-state index in [1.807, 2.05) is 0 Å². The highest BCUT2D eigenvalue weighted by Gasteiger charge is 2.25. The van der Waals surface area contributed by atoms with Crippen molar-refractivity contribution in [2.75, 3.05) is 33.3 Å². The minimum absolute atomic E-state index is 0.385. The molecule has 1 rings (SSSR count). The van der Waals surface area contributed by atoms with Crippen molar-refractivity contribution in [3.8, 4) is 0 Å². The summed E-state index contributed by atoms with van der Waals surface area (Å²) in [5, 5.41) is 3.71. The first-order chi connectivity index (χ1) is 9.77. The smallest absolute Gasteiger partial charge is 0.0855 e. The maximum Gasteiger partial charge on any atom is 0.0855 e. The van der Waals surface area contributed by atoms with E-state index in [0.717, 1.165) is 26.2 Å². The third kappa shape index (κ3) is 7.61. The molecule has 0 aromatic carbocycles. The van der Waals surface area contributed by atoms with E-state index in [-0.39, 0.29) is 0 Å². The molecule has 2 unspecified atom stereocenters. The van der Waals surface area contributed by atoms with Gasteiger partial charge in [0.05, 0.1) is 12.7 Å². The van der Waals surface area contributed by atoms with Crippen LogP contribution in [0.5, 0.6) is 0 Å². The van der Waals surface area contributed by atoms with Crippen LogP contribution in [0.15, 0.2) is 0 Å². The number of nitrogens with one attached hydrogen (secondary N) is 1. The van der Waals surface area contributed by atoms with Crippen LogP contribution in [0.2, 0.25) is 0 Å². The monoisotopic (exact) mass is 284 g/mol. The quantitative estimate of drug-likeness (QED) is 0.588. The molecule has 1 fully saturated rings. The standard InChI is InChI=1S/C17H36N2O/c1-4-6-7-8-9-10-11-16(18-12-5-2)17-15-19(3)13-14-20-17/h16-18H,4-15H2,1-3H3. The summed E-state index contributed by atoms with van der Waals surface area (Å²) in [6.07, 6.45) is 11.1. The van der Waals surface area contributed by atoms with Gasteiger partial charge in [-0.15, -0.1) is 0 Å². The summed E-state index contributed by atoms with van der Waals surface area (Å²) in [6, 6.07) is 0.545. The molecule has 0 amide bonds. The van der Waals surface area contributed by atoms with Crippen LogP contribution in [0.3, 0.4) is 0 Å². The Morgan fingerprint density at radius 3 is 2.55 bits per heavy atom. The van der Waals surface area contributed by atoms with Gasteiger partial charge >= 0.3 is 0 Å². The SMILES string of the molecule is CCCCCCCCC(NCCC)C1CN(C)CCO1.